The minimum absolute atomic E-state index is 0.00734. The largest absolute Gasteiger partial charge is 0.451 e. The Hall–Kier alpha value is -3.37. The Morgan fingerprint density at radius 1 is 1.29 bits per heavy atom. The van der Waals surface area contributed by atoms with Crippen molar-refractivity contribution < 1.29 is 19.1 Å². The molecule has 0 bridgehead atoms. The summed E-state index contributed by atoms with van der Waals surface area (Å²) >= 11 is 0. The van der Waals surface area contributed by atoms with Gasteiger partial charge in [-0.1, -0.05) is 18.2 Å². The summed E-state index contributed by atoms with van der Waals surface area (Å²) in [5, 5.41) is 9.47. The molecule has 1 aromatic heterocycles. The second-order valence-electron chi connectivity index (χ2n) is 7.66. The number of nitrogens with zero attached hydrogens (tertiary/aromatic N) is 3. The minimum Gasteiger partial charge on any atom is -0.451 e. The number of carbonyl (C=O) groups excluding carboxylic acids is 2. The van der Waals surface area contributed by atoms with E-state index in [1.807, 2.05) is 57.2 Å². The van der Waals surface area contributed by atoms with Crippen molar-refractivity contribution in [3.8, 4) is 6.07 Å². The van der Waals surface area contributed by atoms with E-state index in [2.05, 4.69) is 4.57 Å². The van der Waals surface area contributed by atoms with Crippen molar-refractivity contribution in [3.05, 3.63) is 58.4 Å². The monoisotopic (exact) mass is 421 g/mol. The first-order chi connectivity index (χ1) is 14.9. The van der Waals surface area contributed by atoms with Crippen molar-refractivity contribution in [2.45, 2.75) is 39.8 Å². The summed E-state index contributed by atoms with van der Waals surface area (Å²) < 4.78 is 12.4. The smallest absolute Gasteiger partial charge is 0.349 e. The molecule has 7 heteroatoms. The lowest BCUT2D eigenvalue weighted by atomic mass is 10.1. The molecule has 1 amide bonds. The number of aromatic nitrogens is 1. The van der Waals surface area contributed by atoms with Gasteiger partial charge in [0.15, 0.2) is 6.61 Å². The van der Waals surface area contributed by atoms with Gasteiger partial charge in [-0.15, -0.1) is 0 Å². The maximum absolute atomic E-state index is 12.7. The number of esters is 1. The average molecular weight is 421 g/mol. The van der Waals surface area contributed by atoms with E-state index in [9.17, 15) is 14.9 Å². The Balaban J connectivity index is 1.70. The SMILES string of the molecule is COCCn1c(C)cc(/C=C(\C#N)C(=O)OCC(=O)N2c3ccccc3CC2C)c1C. The predicted molar refractivity (Wildman–Crippen MR) is 117 cm³/mol. The number of anilines is 1. The van der Waals surface area contributed by atoms with Crippen LogP contribution in [0, 0.1) is 25.2 Å². The van der Waals surface area contributed by atoms with E-state index in [0.717, 1.165) is 34.6 Å². The number of fused-ring (bicyclic) bond motifs is 1. The van der Waals surface area contributed by atoms with Gasteiger partial charge in [-0.3, -0.25) is 4.79 Å². The van der Waals surface area contributed by atoms with E-state index in [1.54, 1.807) is 12.0 Å². The molecule has 0 aliphatic carbocycles. The van der Waals surface area contributed by atoms with Gasteiger partial charge in [-0.2, -0.15) is 5.26 Å². The van der Waals surface area contributed by atoms with Crippen molar-refractivity contribution in [3.63, 3.8) is 0 Å². The number of nitriles is 1. The maximum atomic E-state index is 12.7. The zero-order chi connectivity index (χ0) is 22.5. The number of amides is 1. The van der Waals surface area contributed by atoms with Crippen LogP contribution in [0.1, 0.15) is 29.4 Å². The fraction of sp³-hybridized carbons (Fsp3) is 0.375. The van der Waals surface area contributed by atoms with Crippen LogP contribution in [0.5, 0.6) is 0 Å². The Kier molecular flexibility index (Phi) is 6.93. The number of para-hydroxylation sites is 1. The number of ether oxygens (including phenoxy) is 2. The van der Waals surface area contributed by atoms with Gasteiger partial charge in [0.2, 0.25) is 0 Å². The summed E-state index contributed by atoms with van der Waals surface area (Å²) in [5.41, 5.74) is 4.48. The number of hydrogen-bond donors (Lipinski definition) is 0. The third kappa shape index (κ3) is 4.70. The quantitative estimate of drug-likeness (QED) is 0.389. The van der Waals surface area contributed by atoms with E-state index in [4.69, 9.17) is 9.47 Å². The summed E-state index contributed by atoms with van der Waals surface area (Å²) in [6.07, 6.45) is 2.27. The van der Waals surface area contributed by atoms with Crippen LogP contribution in [-0.2, 0) is 32.0 Å². The van der Waals surface area contributed by atoms with Gasteiger partial charge in [0.05, 0.1) is 6.61 Å². The van der Waals surface area contributed by atoms with Gasteiger partial charge in [-0.25, -0.2) is 4.79 Å². The Labute approximate surface area is 182 Å². The molecule has 0 spiro atoms. The molecule has 7 nitrogen and oxygen atoms in total. The van der Waals surface area contributed by atoms with Crippen molar-refractivity contribution in [1.29, 1.82) is 5.26 Å². The second-order valence-corrected chi connectivity index (χ2v) is 7.66. The van der Waals surface area contributed by atoms with Gasteiger partial charge < -0.3 is 18.9 Å². The van der Waals surface area contributed by atoms with E-state index >= 15 is 0 Å². The van der Waals surface area contributed by atoms with Gasteiger partial charge >= 0.3 is 5.97 Å². The third-order valence-corrected chi connectivity index (χ3v) is 5.57. The first-order valence-electron chi connectivity index (χ1n) is 10.2. The number of carbonyl (C=O) groups is 2. The summed E-state index contributed by atoms with van der Waals surface area (Å²) in [4.78, 5) is 26.9. The molecule has 0 N–H and O–H groups in total. The van der Waals surface area contributed by atoms with Gasteiger partial charge in [0, 0.05) is 36.8 Å². The Bertz CT molecular complexity index is 1060. The molecule has 1 aliphatic rings. The van der Waals surface area contributed by atoms with E-state index in [-0.39, 0.29) is 17.5 Å². The summed E-state index contributed by atoms with van der Waals surface area (Å²) in [6.45, 7) is 6.66. The highest BCUT2D eigenvalue weighted by Crippen LogP contribution is 2.31. The standard InChI is InChI=1S/C24H27N3O4/c1-16-11-20(18(3)26(16)9-10-30-4)13-21(14-25)24(29)31-15-23(28)27-17(2)12-19-7-5-6-8-22(19)27/h5-8,11,13,17H,9-10,12,15H2,1-4H3/b21-13+. The van der Waals surface area contributed by atoms with Crippen LogP contribution in [0.15, 0.2) is 35.9 Å². The lowest BCUT2D eigenvalue weighted by Gasteiger charge is -2.22. The Morgan fingerprint density at radius 2 is 2.03 bits per heavy atom. The van der Waals surface area contributed by atoms with E-state index in [1.165, 1.54) is 6.08 Å². The molecule has 1 aliphatic heterocycles. The van der Waals surface area contributed by atoms with Crippen LogP contribution < -0.4 is 4.90 Å². The van der Waals surface area contributed by atoms with Crippen molar-refractivity contribution in [2.24, 2.45) is 0 Å². The van der Waals surface area contributed by atoms with Crippen LogP contribution in [0.3, 0.4) is 0 Å². The van der Waals surface area contributed by atoms with Gasteiger partial charge in [-0.05, 0) is 56.5 Å². The predicted octanol–water partition coefficient (Wildman–Crippen LogP) is 3.18. The fourth-order valence-corrected chi connectivity index (χ4v) is 4.01. The zero-order valence-electron chi connectivity index (χ0n) is 18.3. The van der Waals surface area contributed by atoms with Crippen LogP contribution in [0.2, 0.25) is 0 Å². The fourth-order valence-electron chi connectivity index (χ4n) is 4.01. The summed E-state index contributed by atoms with van der Waals surface area (Å²) in [5.74, 6) is -1.11. The highest BCUT2D eigenvalue weighted by atomic mass is 16.5. The maximum Gasteiger partial charge on any atom is 0.349 e. The van der Waals surface area contributed by atoms with Gasteiger partial charge in [0.1, 0.15) is 11.6 Å². The average Bonchev–Trinajstić information content (AvgIpc) is 3.23. The van der Waals surface area contributed by atoms with Crippen LogP contribution in [-0.4, -0.2) is 42.8 Å². The molecule has 31 heavy (non-hydrogen) atoms. The molecule has 162 valence electrons. The number of hydrogen-bond acceptors (Lipinski definition) is 5. The molecule has 2 heterocycles. The summed E-state index contributed by atoms with van der Waals surface area (Å²) in [7, 11) is 1.64. The molecular formula is C24H27N3O4. The number of methoxy groups -OCH3 is 1. The molecule has 0 saturated carbocycles. The molecule has 1 atom stereocenters. The lowest BCUT2D eigenvalue weighted by molar-refractivity contribution is -0.143. The molecule has 1 unspecified atom stereocenters. The van der Waals surface area contributed by atoms with Crippen molar-refractivity contribution in [2.75, 3.05) is 25.2 Å². The lowest BCUT2D eigenvalue weighted by Crippen LogP contribution is -2.38. The molecule has 0 saturated heterocycles. The molecule has 1 aromatic carbocycles. The van der Waals surface area contributed by atoms with Crippen LogP contribution >= 0.6 is 0 Å². The topological polar surface area (TPSA) is 84.6 Å². The number of rotatable bonds is 7. The van der Waals surface area contributed by atoms with Crippen molar-refractivity contribution >= 4 is 23.6 Å². The normalized spacial score (nSPS) is 15.5. The minimum atomic E-state index is -0.808. The highest BCUT2D eigenvalue weighted by Gasteiger charge is 2.31. The molecule has 3 rings (SSSR count). The van der Waals surface area contributed by atoms with E-state index in [0.29, 0.717) is 13.2 Å². The van der Waals surface area contributed by atoms with E-state index < -0.39 is 12.6 Å². The number of aryl methyl sites for hydroxylation is 1. The first kappa shape index (κ1) is 22.3. The van der Waals surface area contributed by atoms with Crippen LogP contribution in [0.4, 0.5) is 5.69 Å². The highest BCUT2D eigenvalue weighted by molar-refractivity contribution is 6.01. The van der Waals surface area contributed by atoms with Crippen LogP contribution in [0.25, 0.3) is 6.08 Å². The summed E-state index contributed by atoms with van der Waals surface area (Å²) in [6, 6.07) is 11.5. The van der Waals surface area contributed by atoms with Gasteiger partial charge in [0.25, 0.3) is 5.91 Å². The zero-order valence-corrected chi connectivity index (χ0v) is 18.3. The third-order valence-electron chi connectivity index (χ3n) is 5.57. The molecule has 2 aromatic rings. The molecule has 0 fully saturated rings. The second kappa shape index (κ2) is 9.63. The molecular weight excluding hydrogens is 394 g/mol. The molecule has 0 radical (unpaired) electrons. The number of benzene rings is 1. The Morgan fingerprint density at radius 3 is 2.74 bits per heavy atom. The first-order valence-corrected chi connectivity index (χ1v) is 10.2. The van der Waals surface area contributed by atoms with Crippen molar-refractivity contribution in [1.82, 2.24) is 4.57 Å².